The zero-order valence-corrected chi connectivity index (χ0v) is 16.4. The number of benzene rings is 2. The van der Waals surface area contributed by atoms with E-state index in [2.05, 4.69) is 10.6 Å². The van der Waals surface area contributed by atoms with Crippen LogP contribution in [0, 0.1) is 0 Å². The van der Waals surface area contributed by atoms with Crippen LogP contribution < -0.4 is 25.8 Å². The van der Waals surface area contributed by atoms with Crippen LogP contribution in [0.1, 0.15) is 35.7 Å². The molecule has 1 heterocycles. The normalized spacial score (nSPS) is 12.6. The quantitative estimate of drug-likeness (QED) is 0.657. The van der Waals surface area contributed by atoms with Gasteiger partial charge in [0.1, 0.15) is 0 Å². The third kappa shape index (κ3) is 5.61. The molecular formula is C20H24ClN3O4. The molecule has 0 saturated carbocycles. The van der Waals surface area contributed by atoms with E-state index in [0.29, 0.717) is 42.1 Å². The van der Waals surface area contributed by atoms with Crippen LogP contribution in [-0.2, 0) is 11.3 Å². The summed E-state index contributed by atoms with van der Waals surface area (Å²) in [4.78, 5) is 24.6. The third-order valence-electron chi connectivity index (χ3n) is 4.16. The molecule has 7 nitrogen and oxygen atoms in total. The Morgan fingerprint density at radius 2 is 1.89 bits per heavy atom. The van der Waals surface area contributed by atoms with Crippen LogP contribution in [0.5, 0.6) is 11.5 Å². The first-order chi connectivity index (χ1) is 13.0. The first kappa shape index (κ1) is 21.5. The van der Waals surface area contributed by atoms with E-state index < -0.39 is 0 Å². The number of nitrogens with one attached hydrogen (secondary N) is 2. The highest BCUT2D eigenvalue weighted by Gasteiger charge is 2.15. The second-order valence-electron chi connectivity index (χ2n) is 6.48. The summed E-state index contributed by atoms with van der Waals surface area (Å²) >= 11 is 0. The summed E-state index contributed by atoms with van der Waals surface area (Å²) in [6, 6.07) is 12.4. The number of para-hydroxylation sites is 1. The van der Waals surface area contributed by atoms with E-state index in [0.717, 1.165) is 5.56 Å². The van der Waals surface area contributed by atoms with Crippen LogP contribution in [0.4, 0.5) is 5.69 Å². The van der Waals surface area contributed by atoms with Gasteiger partial charge in [0.05, 0.1) is 11.3 Å². The van der Waals surface area contributed by atoms with Gasteiger partial charge in [0.2, 0.25) is 12.7 Å². The van der Waals surface area contributed by atoms with Gasteiger partial charge < -0.3 is 25.8 Å². The van der Waals surface area contributed by atoms with Crippen molar-refractivity contribution in [2.24, 2.45) is 5.73 Å². The summed E-state index contributed by atoms with van der Waals surface area (Å²) in [5.74, 6) is 0.938. The van der Waals surface area contributed by atoms with Gasteiger partial charge in [-0.25, -0.2) is 0 Å². The SMILES string of the molecule is CC(N)CCC(=O)Nc1ccccc1C(=O)NCc1ccc2c(c1)OCO2.Cl. The number of carbonyl (C=O) groups is 2. The van der Waals surface area contributed by atoms with Gasteiger partial charge in [0.15, 0.2) is 11.5 Å². The summed E-state index contributed by atoms with van der Waals surface area (Å²) in [5.41, 5.74) is 7.47. The second kappa shape index (κ2) is 9.96. The van der Waals surface area contributed by atoms with Crippen LogP contribution in [0.3, 0.4) is 0 Å². The Morgan fingerprint density at radius 3 is 2.68 bits per heavy atom. The average molecular weight is 406 g/mol. The largest absolute Gasteiger partial charge is 0.454 e. The van der Waals surface area contributed by atoms with Crippen LogP contribution in [-0.4, -0.2) is 24.6 Å². The van der Waals surface area contributed by atoms with Crippen molar-refractivity contribution in [2.45, 2.75) is 32.4 Å². The molecule has 4 N–H and O–H groups in total. The molecule has 1 aliphatic rings. The Morgan fingerprint density at radius 1 is 1.14 bits per heavy atom. The molecule has 0 aromatic heterocycles. The number of amides is 2. The number of fused-ring (bicyclic) bond motifs is 1. The predicted octanol–water partition coefficient (Wildman–Crippen LogP) is 2.83. The summed E-state index contributed by atoms with van der Waals surface area (Å²) in [5, 5.41) is 5.65. The average Bonchev–Trinajstić information content (AvgIpc) is 3.12. The molecule has 28 heavy (non-hydrogen) atoms. The highest BCUT2D eigenvalue weighted by atomic mass is 35.5. The standard InChI is InChI=1S/C20H23N3O4.ClH/c1-13(21)6-9-19(24)23-16-5-3-2-4-15(16)20(25)22-11-14-7-8-17-18(10-14)27-12-26-17;/h2-5,7-8,10,13H,6,9,11-12,21H2,1H3,(H,22,25)(H,23,24);1H. The number of hydrogen-bond donors (Lipinski definition) is 3. The molecule has 0 fully saturated rings. The zero-order chi connectivity index (χ0) is 19.2. The van der Waals surface area contributed by atoms with Crippen molar-refractivity contribution in [3.8, 4) is 11.5 Å². The highest BCUT2D eigenvalue weighted by molar-refractivity contribution is 6.03. The van der Waals surface area contributed by atoms with Crippen molar-refractivity contribution in [3.63, 3.8) is 0 Å². The number of hydrogen-bond acceptors (Lipinski definition) is 5. The van der Waals surface area contributed by atoms with Crippen molar-refractivity contribution in [1.82, 2.24) is 5.32 Å². The van der Waals surface area contributed by atoms with E-state index in [9.17, 15) is 9.59 Å². The van der Waals surface area contributed by atoms with E-state index >= 15 is 0 Å². The Balaban J connectivity index is 0.00000280. The molecule has 8 heteroatoms. The van der Waals surface area contributed by atoms with Crippen molar-refractivity contribution < 1.29 is 19.1 Å². The molecule has 1 atom stereocenters. The lowest BCUT2D eigenvalue weighted by Gasteiger charge is -2.12. The number of anilines is 1. The molecule has 150 valence electrons. The van der Waals surface area contributed by atoms with Crippen LogP contribution >= 0.6 is 12.4 Å². The Hall–Kier alpha value is -2.77. The maximum absolute atomic E-state index is 12.6. The Labute approximate surface area is 170 Å². The minimum atomic E-state index is -0.268. The third-order valence-corrected chi connectivity index (χ3v) is 4.16. The van der Waals surface area contributed by atoms with Gasteiger partial charge in [0, 0.05) is 19.0 Å². The zero-order valence-electron chi connectivity index (χ0n) is 15.6. The van der Waals surface area contributed by atoms with Crippen LogP contribution in [0.25, 0.3) is 0 Å². The number of rotatable bonds is 7. The first-order valence-corrected chi connectivity index (χ1v) is 8.84. The first-order valence-electron chi connectivity index (χ1n) is 8.84. The predicted molar refractivity (Wildman–Crippen MR) is 109 cm³/mol. The minimum Gasteiger partial charge on any atom is -0.454 e. The number of nitrogens with two attached hydrogens (primary N) is 1. The smallest absolute Gasteiger partial charge is 0.253 e. The minimum absolute atomic E-state index is 0. The van der Waals surface area contributed by atoms with E-state index in [1.165, 1.54) is 0 Å². The van der Waals surface area contributed by atoms with Gasteiger partial charge in [-0.05, 0) is 43.2 Å². The topological polar surface area (TPSA) is 103 Å². The lowest BCUT2D eigenvalue weighted by molar-refractivity contribution is -0.116. The molecule has 0 spiro atoms. The lowest BCUT2D eigenvalue weighted by Crippen LogP contribution is -2.25. The summed E-state index contributed by atoms with van der Waals surface area (Å²) < 4.78 is 10.6. The van der Waals surface area contributed by atoms with Gasteiger partial charge in [-0.3, -0.25) is 9.59 Å². The molecule has 0 radical (unpaired) electrons. The Kier molecular flexibility index (Phi) is 7.66. The molecule has 1 aliphatic heterocycles. The number of ether oxygens (including phenoxy) is 2. The molecular weight excluding hydrogens is 382 g/mol. The molecule has 3 rings (SSSR count). The molecule has 0 saturated heterocycles. The molecule has 2 aromatic carbocycles. The molecule has 1 unspecified atom stereocenters. The van der Waals surface area contributed by atoms with Crippen molar-refractivity contribution in [1.29, 1.82) is 0 Å². The van der Waals surface area contributed by atoms with E-state index in [4.69, 9.17) is 15.2 Å². The second-order valence-corrected chi connectivity index (χ2v) is 6.48. The van der Waals surface area contributed by atoms with Gasteiger partial charge in [-0.15, -0.1) is 12.4 Å². The molecule has 0 aliphatic carbocycles. The number of carbonyl (C=O) groups excluding carboxylic acids is 2. The van der Waals surface area contributed by atoms with Crippen molar-refractivity contribution >= 4 is 29.9 Å². The van der Waals surface area contributed by atoms with Gasteiger partial charge in [-0.2, -0.15) is 0 Å². The van der Waals surface area contributed by atoms with Crippen molar-refractivity contribution in [2.75, 3.05) is 12.1 Å². The van der Waals surface area contributed by atoms with Gasteiger partial charge in [-0.1, -0.05) is 18.2 Å². The maximum Gasteiger partial charge on any atom is 0.253 e. The van der Waals surface area contributed by atoms with E-state index in [1.54, 1.807) is 24.3 Å². The fourth-order valence-electron chi connectivity index (χ4n) is 2.69. The molecule has 0 bridgehead atoms. The highest BCUT2D eigenvalue weighted by Crippen LogP contribution is 2.32. The fourth-order valence-corrected chi connectivity index (χ4v) is 2.69. The maximum atomic E-state index is 12.6. The lowest BCUT2D eigenvalue weighted by atomic mass is 10.1. The van der Waals surface area contributed by atoms with Gasteiger partial charge >= 0.3 is 0 Å². The number of halogens is 1. The molecule has 2 aromatic rings. The summed E-state index contributed by atoms with van der Waals surface area (Å²) in [7, 11) is 0. The Bertz CT molecular complexity index is 842. The molecule has 2 amide bonds. The van der Waals surface area contributed by atoms with Crippen LogP contribution in [0.15, 0.2) is 42.5 Å². The summed E-state index contributed by atoms with van der Waals surface area (Å²) in [6.07, 6.45) is 0.898. The summed E-state index contributed by atoms with van der Waals surface area (Å²) in [6.45, 7) is 2.40. The van der Waals surface area contributed by atoms with E-state index in [1.807, 2.05) is 25.1 Å². The van der Waals surface area contributed by atoms with Crippen LogP contribution in [0.2, 0.25) is 0 Å². The fraction of sp³-hybridized carbons (Fsp3) is 0.300. The van der Waals surface area contributed by atoms with E-state index in [-0.39, 0.29) is 37.1 Å². The monoisotopic (exact) mass is 405 g/mol. The van der Waals surface area contributed by atoms with Crippen molar-refractivity contribution in [3.05, 3.63) is 53.6 Å². The van der Waals surface area contributed by atoms with Gasteiger partial charge in [0.25, 0.3) is 5.91 Å².